The van der Waals surface area contributed by atoms with Crippen LogP contribution >= 0.6 is 24.8 Å². The zero-order valence-corrected chi connectivity index (χ0v) is 12.3. The van der Waals surface area contributed by atoms with Crippen LogP contribution in [0.15, 0.2) is 30.3 Å². The van der Waals surface area contributed by atoms with Gasteiger partial charge in [0.1, 0.15) is 6.04 Å². The molecule has 1 aromatic rings. The van der Waals surface area contributed by atoms with Gasteiger partial charge in [-0.15, -0.1) is 24.8 Å². The highest BCUT2D eigenvalue weighted by molar-refractivity contribution is 5.85. The number of likely N-dealkylation sites (N-methyl/N-ethyl adjacent to an activating group) is 1. The summed E-state index contributed by atoms with van der Waals surface area (Å²) in [5.74, 6) is -0.131. The molecule has 0 saturated heterocycles. The third-order valence-corrected chi connectivity index (χ3v) is 2.30. The van der Waals surface area contributed by atoms with Crippen molar-refractivity contribution in [3.63, 3.8) is 0 Å². The number of carbonyl (C=O) groups is 1. The Morgan fingerprint density at radius 3 is 2.33 bits per heavy atom. The van der Waals surface area contributed by atoms with Crippen molar-refractivity contribution in [2.24, 2.45) is 5.73 Å². The van der Waals surface area contributed by atoms with Crippen LogP contribution in [0.5, 0.6) is 0 Å². The van der Waals surface area contributed by atoms with Crippen molar-refractivity contribution in [3.05, 3.63) is 35.9 Å². The molecule has 4 nitrogen and oxygen atoms in total. The second-order valence-corrected chi connectivity index (χ2v) is 3.98. The number of amides is 1. The molecule has 0 aromatic heterocycles. The van der Waals surface area contributed by atoms with Gasteiger partial charge in [-0.3, -0.25) is 4.79 Å². The van der Waals surface area contributed by atoms with Crippen LogP contribution < -0.4 is 11.1 Å². The fourth-order valence-electron chi connectivity index (χ4n) is 1.32. The molecule has 0 fully saturated rings. The van der Waals surface area contributed by atoms with E-state index in [1.54, 1.807) is 0 Å². The maximum Gasteiger partial charge on any atom is 0.241 e. The van der Waals surface area contributed by atoms with Gasteiger partial charge in [0.05, 0.1) is 0 Å². The Balaban J connectivity index is 0. The number of nitrogens with one attached hydrogen (secondary N) is 1. The zero-order chi connectivity index (χ0) is 12.0. The first-order chi connectivity index (χ1) is 7.61. The Labute approximate surface area is 121 Å². The van der Waals surface area contributed by atoms with E-state index in [0.717, 1.165) is 12.1 Å². The van der Waals surface area contributed by atoms with Gasteiger partial charge < -0.3 is 16.0 Å². The first-order valence-electron chi connectivity index (χ1n) is 5.34. The molecule has 0 bridgehead atoms. The molecule has 18 heavy (non-hydrogen) atoms. The number of nitrogens with two attached hydrogens (primary N) is 1. The summed E-state index contributed by atoms with van der Waals surface area (Å²) >= 11 is 0. The number of carbonyl (C=O) groups excluding carboxylic acids is 1. The normalized spacial score (nSPS) is 11.1. The second-order valence-electron chi connectivity index (χ2n) is 3.98. The van der Waals surface area contributed by atoms with E-state index in [9.17, 15) is 4.79 Å². The van der Waals surface area contributed by atoms with Crippen molar-refractivity contribution >= 4 is 30.7 Å². The van der Waals surface area contributed by atoms with Crippen LogP contribution in [0.1, 0.15) is 11.6 Å². The van der Waals surface area contributed by atoms with Crippen molar-refractivity contribution in [2.75, 3.05) is 27.2 Å². The molecule has 1 aromatic carbocycles. The minimum absolute atomic E-state index is 0. The molecule has 3 N–H and O–H groups in total. The van der Waals surface area contributed by atoms with Crippen molar-refractivity contribution < 1.29 is 4.79 Å². The lowest BCUT2D eigenvalue weighted by Crippen LogP contribution is -2.37. The Morgan fingerprint density at radius 1 is 1.28 bits per heavy atom. The molecule has 0 spiro atoms. The maximum absolute atomic E-state index is 11.7. The lowest BCUT2D eigenvalue weighted by atomic mass is 10.1. The summed E-state index contributed by atoms with van der Waals surface area (Å²) < 4.78 is 0. The molecule has 1 atom stereocenters. The SMILES string of the molecule is CN(C)CCNC(=O)[C@@H](N)c1ccccc1.Cl.Cl. The van der Waals surface area contributed by atoms with Gasteiger partial charge in [-0.2, -0.15) is 0 Å². The lowest BCUT2D eigenvalue weighted by Gasteiger charge is -2.14. The predicted molar refractivity (Wildman–Crippen MR) is 79.4 cm³/mol. The van der Waals surface area contributed by atoms with Crippen LogP contribution in [0.3, 0.4) is 0 Å². The Hall–Kier alpha value is -0.810. The molecule has 0 unspecified atom stereocenters. The van der Waals surface area contributed by atoms with Crippen LogP contribution in [-0.4, -0.2) is 38.0 Å². The van der Waals surface area contributed by atoms with Crippen molar-refractivity contribution in [3.8, 4) is 0 Å². The van der Waals surface area contributed by atoms with E-state index in [1.165, 1.54) is 0 Å². The highest BCUT2D eigenvalue weighted by Gasteiger charge is 2.14. The standard InChI is InChI=1S/C12H19N3O.2ClH/c1-15(2)9-8-14-12(16)11(13)10-6-4-3-5-7-10;;/h3-7,11H,8-9,13H2,1-2H3,(H,14,16);2*1H/t11-;;/m0../s1. The van der Waals surface area contributed by atoms with Gasteiger partial charge in [0.25, 0.3) is 0 Å². The monoisotopic (exact) mass is 293 g/mol. The van der Waals surface area contributed by atoms with E-state index in [4.69, 9.17) is 5.73 Å². The second kappa shape index (κ2) is 10.1. The summed E-state index contributed by atoms with van der Waals surface area (Å²) in [7, 11) is 3.92. The largest absolute Gasteiger partial charge is 0.353 e. The summed E-state index contributed by atoms with van der Waals surface area (Å²) in [5, 5.41) is 2.81. The van der Waals surface area contributed by atoms with Gasteiger partial charge in [0.15, 0.2) is 0 Å². The van der Waals surface area contributed by atoms with E-state index in [0.29, 0.717) is 6.54 Å². The number of hydrogen-bond donors (Lipinski definition) is 2. The number of benzene rings is 1. The van der Waals surface area contributed by atoms with E-state index < -0.39 is 6.04 Å². The summed E-state index contributed by atoms with van der Waals surface area (Å²) in [5.41, 5.74) is 6.67. The molecule has 6 heteroatoms. The van der Waals surface area contributed by atoms with E-state index >= 15 is 0 Å². The lowest BCUT2D eigenvalue weighted by molar-refractivity contribution is -0.122. The van der Waals surface area contributed by atoms with E-state index in [-0.39, 0.29) is 30.7 Å². The number of hydrogen-bond acceptors (Lipinski definition) is 3. The molecule has 0 heterocycles. The van der Waals surface area contributed by atoms with Crippen LogP contribution in [0.25, 0.3) is 0 Å². The van der Waals surface area contributed by atoms with Crippen molar-refractivity contribution in [1.82, 2.24) is 10.2 Å². The molecule has 0 aliphatic carbocycles. The van der Waals surface area contributed by atoms with Gasteiger partial charge >= 0.3 is 0 Å². The van der Waals surface area contributed by atoms with Crippen LogP contribution in [0.4, 0.5) is 0 Å². The average molecular weight is 294 g/mol. The third-order valence-electron chi connectivity index (χ3n) is 2.30. The van der Waals surface area contributed by atoms with Gasteiger partial charge in [-0.05, 0) is 19.7 Å². The molecular weight excluding hydrogens is 273 g/mol. The fraction of sp³-hybridized carbons (Fsp3) is 0.417. The summed E-state index contributed by atoms with van der Waals surface area (Å²) in [6.07, 6.45) is 0. The highest BCUT2D eigenvalue weighted by Crippen LogP contribution is 2.08. The summed E-state index contributed by atoms with van der Waals surface area (Å²) in [6.45, 7) is 1.43. The van der Waals surface area contributed by atoms with Crippen molar-refractivity contribution in [1.29, 1.82) is 0 Å². The molecule has 0 radical (unpaired) electrons. The zero-order valence-electron chi connectivity index (χ0n) is 10.6. The third kappa shape index (κ3) is 6.81. The predicted octanol–water partition coefficient (Wildman–Crippen LogP) is 1.21. The molecule has 1 amide bonds. The Morgan fingerprint density at radius 2 is 1.83 bits per heavy atom. The summed E-state index contributed by atoms with van der Waals surface area (Å²) in [4.78, 5) is 13.7. The average Bonchev–Trinajstić information content (AvgIpc) is 2.28. The summed E-state index contributed by atoms with van der Waals surface area (Å²) in [6, 6.07) is 8.79. The Kier molecular flexibility index (Phi) is 11.0. The fourth-order valence-corrected chi connectivity index (χ4v) is 1.32. The van der Waals surface area contributed by atoms with Crippen LogP contribution in [0.2, 0.25) is 0 Å². The Bertz CT molecular complexity index is 333. The van der Waals surface area contributed by atoms with E-state index in [1.807, 2.05) is 49.3 Å². The molecule has 104 valence electrons. The minimum atomic E-state index is -0.580. The first kappa shape index (κ1) is 19.5. The quantitative estimate of drug-likeness (QED) is 0.858. The van der Waals surface area contributed by atoms with Crippen molar-refractivity contribution in [2.45, 2.75) is 6.04 Å². The maximum atomic E-state index is 11.7. The van der Waals surface area contributed by atoms with Gasteiger partial charge in [-0.1, -0.05) is 30.3 Å². The number of halogens is 2. The number of rotatable bonds is 5. The van der Waals surface area contributed by atoms with Gasteiger partial charge in [0.2, 0.25) is 5.91 Å². The molecular formula is C12H21Cl2N3O. The van der Waals surface area contributed by atoms with E-state index in [2.05, 4.69) is 5.32 Å². The van der Waals surface area contributed by atoms with Gasteiger partial charge in [-0.25, -0.2) is 0 Å². The molecule has 1 rings (SSSR count). The first-order valence-corrected chi connectivity index (χ1v) is 5.34. The molecule has 0 saturated carbocycles. The van der Waals surface area contributed by atoms with Crippen LogP contribution in [-0.2, 0) is 4.79 Å². The van der Waals surface area contributed by atoms with Crippen LogP contribution in [0, 0.1) is 0 Å². The van der Waals surface area contributed by atoms with Gasteiger partial charge in [0, 0.05) is 13.1 Å². The highest BCUT2D eigenvalue weighted by atomic mass is 35.5. The topological polar surface area (TPSA) is 58.4 Å². The smallest absolute Gasteiger partial charge is 0.241 e. The molecule has 0 aliphatic rings. The molecule has 0 aliphatic heterocycles. The number of nitrogens with zero attached hydrogens (tertiary/aromatic N) is 1. The minimum Gasteiger partial charge on any atom is -0.353 e.